The molecule has 0 saturated carbocycles. The molecule has 0 bridgehead atoms. The monoisotopic (exact) mass is 293 g/mol. The first kappa shape index (κ1) is 26.4. The molecule has 0 aromatic heterocycles. The number of hydrogen-bond donors (Lipinski definition) is 0. The standard InChI is InChI=1S/C9H16N2.3C2H6.V/c1-4-11-7-8(2)5-6-9(11)10-3;3*1-2;/h4,8H,1,5-7H2,2-3H3;3*1-2H3;. The Morgan fingerprint density at radius 3 is 1.94 bits per heavy atom. The summed E-state index contributed by atoms with van der Waals surface area (Å²) in [5.74, 6) is 1.96. The van der Waals surface area contributed by atoms with Crippen molar-refractivity contribution in [1.82, 2.24) is 4.90 Å². The summed E-state index contributed by atoms with van der Waals surface area (Å²) in [4.78, 5) is 6.35. The van der Waals surface area contributed by atoms with Crippen molar-refractivity contribution in [2.24, 2.45) is 10.9 Å². The van der Waals surface area contributed by atoms with Crippen molar-refractivity contribution in [2.75, 3.05) is 13.6 Å². The summed E-state index contributed by atoms with van der Waals surface area (Å²) in [6.45, 7) is 19.1. The van der Waals surface area contributed by atoms with E-state index in [1.807, 2.05) is 54.8 Å². The predicted molar refractivity (Wildman–Crippen MR) is 82.7 cm³/mol. The molecule has 109 valence electrons. The van der Waals surface area contributed by atoms with Gasteiger partial charge in [-0.3, -0.25) is 4.99 Å². The maximum absolute atomic E-state index is 4.21. The van der Waals surface area contributed by atoms with Crippen molar-refractivity contribution in [3.8, 4) is 0 Å². The average Bonchev–Trinajstić information content (AvgIpc) is 2.45. The second-order valence-corrected chi connectivity index (χ2v) is 3.12. The van der Waals surface area contributed by atoms with Crippen LogP contribution in [0.2, 0.25) is 0 Å². The minimum absolute atomic E-state index is 0. The van der Waals surface area contributed by atoms with Gasteiger partial charge in [-0.05, 0) is 18.5 Å². The van der Waals surface area contributed by atoms with Gasteiger partial charge < -0.3 is 4.90 Å². The minimum atomic E-state index is 0. The number of likely N-dealkylation sites (tertiary alicyclic amines) is 1. The van der Waals surface area contributed by atoms with Gasteiger partial charge in [-0.2, -0.15) is 0 Å². The van der Waals surface area contributed by atoms with Crippen LogP contribution in [0.4, 0.5) is 0 Å². The van der Waals surface area contributed by atoms with Crippen molar-refractivity contribution in [1.29, 1.82) is 0 Å². The number of nitrogens with zero attached hydrogens (tertiary/aromatic N) is 2. The molecule has 0 N–H and O–H groups in total. The molecule has 1 aliphatic heterocycles. The second kappa shape index (κ2) is 22.0. The van der Waals surface area contributed by atoms with E-state index in [4.69, 9.17) is 0 Å². The summed E-state index contributed by atoms with van der Waals surface area (Å²) in [6, 6.07) is 0. The maximum atomic E-state index is 4.21. The van der Waals surface area contributed by atoms with Gasteiger partial charge in [-0.25, -0.2) is 0 Å². The van der Waals surface area contributed by atoms with Gasteiger partial charge in [0.1, 0.15) is 5.84 Å². The summed E-state index contributed by atoms with van der Waals surface area (Å²) >= 11 is 0. The third kappa shape index (κ3) is 12.3. The second-order valence-electron chi connectivity index (χ2n) is 3.12. The van der Waals surface area contributed by atoms with E-state index in [-0.39, 0.29) is 18.6 Å². The zero-order valence-electron chi connectivity index (χ0n) is 13.8. The van der Waals surface area contributed by atoms with Gasteiger partial charge >= 0.3 is 0 Å². The molecule has 1 aliphatic rings. The smallest absolute Gasteiger partial charge is 0.102 e. The van der Waals surface area contributed by atoms with E-state index in [0.29, 0.717) is 0 Å². The summed E-state index contributed by atoms with van der Waals surface area (Å²) in [7, 11) is 1.85. The van der Waals surface area contributed by atoms with Gasteiger partial charge in [0.05, 0.1) is 0 Å². The average molecular weight is 293 g/mol. The molecule has 0 spiro atoms. The Labute approximate surface area is 128 Å². The molecule has 0 aromatic rings. The maximum Gasteiger partial charge on any atom is 0.102 e. The summed E-state index contributed by atoms with van der Waals surface area (Å²) in [5, 5.41) is 0. The van der Waals surface area contributed by atoms with Crippen molar-refractivity contribution in [3.05, 3.63) is 12.8 Å². The van der Waals surface area contributed by atoms with Gasteiger partial charge in [0.2, 0.25) is 0 Å². The number of amidine groups is 1. The number of piperidine rings is 1. The Bertz CT molecular complexity index is 179. The third-order valence-electron chi connectivity index (χ3n) is 2.18. The number of aliphatic imine (C=N–C) groups is 1. The largest absolute Gasteiger partial charge is 0.337 e. The molecule has 1 saturated heterocycles. The molecule has 1 radical (unpaired) electrons. The van der Waals surface area contributed by atoms with Crippen molar-refractivity contribution in [2.45, 2.75) is 61.3 Å². The van der Waals surface area contributed by atoms with Gasteiger partial charge in [0, 0.05) is 38.6 Å². The van der Waals surface area contributed by atoms with Crippen LogP contribution in [-0.4, -0.2) is 24.3 Å². The Morgan fingerprint density at radius 1 is 1.17 bits per heavy atom. The zero-order chi connectivity index (χ0) is 14.3. The van der Waals surface area contributed by atoms with E-state index < -0.39 is 0 Å². The van der Waals surface area contributed by atoms with Gasteiger partial charge in [0.25, 0.3) is 0 Å². The van der Waals surface area contributed by atoms with Crippen LogP contribution in [0.3, 0.4) is 0 Å². The van der Waals surface area contributed by atoms with Crippen molar-refractivity contribution < 1.29 is 18.6 Å². The fraction of sp³-hybridized carbons (Fsp3) is 0.800. The number of rotatable bonds is 1. The SMILES string of the molecule is C=CN1CC(C)CCC1=NC.CC.CC.CC.[V]. The van der Waals surface area contributed by atoms with E-state index in [0.717, 1.165) is 18.9 Å². The Balaban J connectivity index is -0.000000123. The van der Waals surface area contributed by atoms with Crippen molar-refractivity contribution in [3.63, 3.8) is 0 Å². The number of hydrogen-bond acceptors (Lipinski definition) is 1. The Kier molecular flexibility index (Phi) is 32.3. The summed E-state index contributed by atoms with van der Waals surface area (Å²) < 4.78 is 0. The van der Waals surface area contributed by atoms with Gasteiger partial charge in [0.15, 0.2) is 0 Å². The van der Waals surface area contributed by atoms with Gasteiger partial charge in [-0.15, -0.1) is 0 Å². The molecule has 1 heterocycles. The first-order chi connectivity index (χ1) is 8.27. The molecule has 0 aliphatic carbocycles. The van der Waals surface area contributed by atoms with Crippen LogP contribution in [-0.2, 0) is 18.6 Å². The molecular weight excluding hydrogens is 259 g/mol. The molecule has 1 rings (SSSR count). The first-order valence-corrected chi connectivity index (χ1v) is 7.12. The van der Waals surface area contributed by atoms with E-state index in [1.165, 1.54) is 12.3 Å². The molecule has 0 amide bonds. The van der Waals surface area contributed by atoms with Crippen LogP contribution in [0.1, 0.15) is 61.3 Å². The zero-order valence-corrected chi connectivity index (χ0v) is 15.2. The fourth-order valence-electron chi connectivity index (χ4n) is 1.47. The molecule has 18 heavy (non-hydrogen) atoms. The van der Waals surface area contributed by atoms with Crippen LogP contribution >= 0.6 is 0 Å². The molecule has 0 aromatic carbocycles. The van der Waals surface area contributed by atoms with Crippen LogP contribution in [0, 0.1) is 5.92 Å². The predicted octanol–water partition coefficient (Wildman–Crippen LogP) is 4.97. The van der Waals surface area contributed by atoms with E-state index in [1.54, 1.807) is 0 Å². The Morgan fingerprint density at radius 2 is 1.61 bits per heavy atom. The van der Waals surface area contributed by atoms with E-state index >= 15 is 0 Å². The molecular formula is C15H34N2V. The molecule has 1 atom stereocenters. The molecule has 1 fully saturated rings. The first-order valence-electron chi connectivity index (χ1n) is 7.12. The van der Waals surface area contributed by atoms with E-state index in [2.05, 4.69) is 23.4 Å². The Hall–Kier alpha value is -0.206. The van der Waals surface area contributed by atoms with Crippen LogP contribution in [0.5, 0.6) is 0 Å². The normalized spacial score (nSPS) is 18.8. The fourth-order valence-corrected chi connectivity index (χ4v) is 1.47. The minimum Gasteiger partial charge on any atom is -0.337 e. The summed E-state index contributed by atoms with van der Waals surface area (Å²) in [6.07, 6.45) is 4.23. The molecule has 3 heteroatoms. The third-order valence-corrected chi connectivity index (χ3v) is 2.18. The van der Waals surface area contributed by atoms with Crippen LogP contribution in [0.25, 0.3) is 0 Å². The van der Waals surface area contributed by atoms with E-state index in [9.17, 15) is 0 Å². The quantitative estimate of drug-likeness (QED) is 0.666. The molecule has 2 nitrogen and oxygen atoms in total. The van der Waals surface area contributed by atoms with Crippen LogP contribution < -0.4 is 0 Å². The van der Waals surface area contributed by atoms with Crippen molar-refractivity contribution >= 4 is 5.84 Å². The molecule has 1 unspecified atom stereocenters. The van der Waals surface area contributed by atoms with Gasteiger partial charge in [-0.1, -0.05) is 55.0 Å². The summed E-state index contributed by atoms with van der Waals surface area (Å²) in [5.41, 5.74) is 0. The topological polar surface area (TPSA) is 15.6 Å². The van der Waals surface area contributed by atoms with Crippen LogP contribution in [0.15, 0.2) is 17.8 Å².